The highest BCUT2D eigenvalue weighted by Gasteiger charge is 2.51. The molecule has 1 heterocycles. The van der Waals surface area contributed by atoms with Crippen molar-refractivity contribution < 1.29 is 5.32 Å². The van der Waals surface area contributed by atoms with E-state index in [1.165, 1.54) is 27.6 Å². The molecule has 4 rings (SSSR count). The number of nitrogens with two attached hydrogens (primary N) is 1. The largest absolute Gasteiger partial charge is 0.472 e. The summed E-state index contributed by atoms with van der Waals surface area (Å²) in [5.41, 5.74) is 5.60. The standard InChI is InChI=1S/C21H26N2/c1-6-13-10-16-19(20(22-5)12(13)2)14-11-23-17-9-7-8-15(18(14)17)21(16,3)4/h6-9,11,13,16,19-20,23H,1-2,5,10,22H2,3-4H3. The SMILES string of the molecule is C=CC1CC2C(c3c[nH]c4cccc(c34)C2(C)C)C([NH2+][CH2-])C1=C. The Balaban J connectivity index is 1.99. The van der Waals surface area contributed by atoms with Crippen LogP contribution >= 0.6 is 0 Å². The molecular weight excluding hydrogens is 280 g/mol. The predicted molar refractivity (Wildman–Crippen MR) is 96.1 cm³/mol. The summed E-state index contributed by atoms with van der Waals surface area (Å²) < 4.78 is 0. The topological polar surface area (TPSA) is 32.4 Å². The summed E-state index contributed by atoms with van der Waals surface area (Å²) in [6.45, 7) is 13.3. The zero-order valence-corrected chi connectivity index (χ0v) is 14.1. The maximum Gasteiger partial charge on any atom is 0.0912 e. The Morgan fingerprint density at radius 2 is 2.17 bits per heavy atom. The Kier molecular flexibility index (Phi) is 3.11. The van der Waals surface area contributed by atoms with Gasteiger partial charge in [0.25, 0.3) is 0 Å². The third-order valence-electron chi connectivity index (χ3n) is 6.49. The van der Waals surface area contributed by atoms with Crippen LogP contribution in [0.15, 0.2) is 49.2 Å². The lowest BCUT2D eigenvalue weighted by Crippen LogP contribution is -2.87. The van der Waals surface area contributed by atoms with Gasteiger partial charge in [-0.2, -0.15) is 7.05 Å². The number of benzene rings is 1. The zero-order chi connectivity index (χ0) is 16.4. The molecule has 0 radical (unpaired) electrons. The lowest BCUT2D eigenvalue weighted by atomic mass is 9.53. The molecule has 1 saturated carbocycles. The van der Waals surface area contributed by atoms with Crippen LogP contribution in [-0.2, 0) is 5.41 Å². The van der Waals surface area contributed by atoms with Gasteiger partial charge in [-0.1, -0.05) is 38.6 Å². The number of quaternary nitrogens is 1. The molecule has 2 nitrogen and oxygen atoms in total. The Bertz CT molecular complexity index is 795. The number of aromatic amines is 1. The van der Waals surface area contributed by atoms with Crippen LogP contribution in [0.2, 0.25) is 0 Å². The first kappa shape index (κ1) is 14.8. The minimum absolute atomic E-state index is 0.141. The van der Waals surface area contributed by atoms with E-state index in [-0.39, 0.29) is 5.41 Å². The number of rotatable bonds is 2. The van der Waals surface area contributed by atoms with Gasteiger partial charge in [-0.05, 0) is 40.5 Å². The monoisotopic (exact) mass is 306 g/mol. The van der Waals surface area contributed by atoms with E-state index < -0.39 is 0 Å². The average Bonchev–Trinajstić information content (AvgIpc) is 2.97. The van der Waals surface area contributed by atoms with Crippen molar-refractivity contribution in [3.05, 3.63) is 67.4 Å². The van der Waals surface area contributed by atoms with Crippen LogP contribution in [0.25, 0.3) is 10.9 Å². The van der Waals surface area contributed by atoms with E-state index >= 15 is 0 Å². The second-order valence-corrected chi connectivity index (χ2v) is 7.74. The van der Waals surface area contributed by atoms with Crippen LogP contribution in [0, 0.1) is 18.9 Å². The van der Waals surface area contributed by atoms with Crippen molar-refractivity contribution in [2.45, 2.75) is 37.6 Å². The Labute approximate surface area is 138 Å². The third kappa shape index (κ3) is 1.79. The molecule has 120 valence electrons. The maximum absolute atomic E-state index is 4.41. The second kappa shape index (κ2) is 4.85. The summed E-state index contributed by atoms with van der Waals surface area (Å²) in [6, 6.07) is 7.00. The van der Waals surface area contributed by atoms with Crippen LogP contribution in [-0.4, -0.2) is 11.0 Å². The van der Waals surface area contributed by atoms with Gasteiger partial charge in [0, 0.05) is 28.9 Å². The summed E-state index contributed by atoms with van der Waals surface area (Å²) in [5, 5.41) is 3.54. The fraction of sp³-hybridized carbons (Fsp3) is 0.381. The predicted octanol–water partition coefficient (Wildman–Crippen LogP) is 3.64. The van der Waals surface area contributed by atoms with Crippen molar-refractivity contribution in [1.82, 2.24) is 4.98 Å². The average molecular weight is 306 g/mol. The van der Waals surface area contributed by atoms with E-state index in [4.69, 9.17) is 0 Å². The van der Waals surface area contributed by atoms with Crippen LogP contribution in [0.1, 0.15) is 37.3 Å². The van der Waals surface area contributed by atoms with Gasteiger partial charge < -0.3 is 10.3 Å². The molecule has 2 aliphatic carbocycles. The van der Waals surface area contributed by atoms with Gasteiger partial charge in [0.1, 0.15) is 0 Å². The molecule has 4 atom stereocenters. The minimum Gasteiger partial charge on any atom is -0.472 e. The van der Waals surface area contributed by atoms with Crippen molar-refractivity contribution in [3.63, 3.8) is 0 Å². The molecule has 0 saturated heterocycles. The zero-order valence-electron chi connectivity index (χ0n) is 14.1. The summed E-state index contributed by atoms with van der Waals surface area (Å²) >= 11 is 0. The lowest BCUT2D eigenvalue weighted by molar-refractivity contribution is -0.631. The van der Waals surface area contributed by atoms with Crippen molar-refractivity contribution >= 4 is 10.9 Å². The molecule has 1 fully saturated rings. The molecule has 0 amide bonds. The van der Waals surface area contributed by atoms with Gasteiger partial charge in [0.05, 0.1) is 6.04 Å². The fourth-order valence-corrected chi connectivity index (χ4v) is 5.21. The molecule has 2 aromatic rings. The molecule has 1 aromatic carbocycles. The van der Waals surface area contributed by atoms with Crippen LogP contribution in [0.3, 0.4) is 0 Å². The Morgan fingerprint density at radius 3 is 2.87 bits per heavy atom. The molecule has 2 heteroatoms. The van der Waals surface area contributed by atoms with E-state index in [2.05, 4.69) is 74.8 Å². The summed E-state index contributed by atoms with van der Waals surface area (Å²) in [4.78, 5) is 3.49. The minimum atomic E-state index is 0.141. The first-order valence-electron chi connectivity index (χ1n) is 8.55. The van der Waals surface area contributed by atoms with Gasteiger partial charge in [0.2, 0.25) is 0 Å². The number of hydrogen-bond donors (Lipinski definition) is 2. The number of allylic oxidation sites excluding steroid dienone is 1. The van der Waals surface area contributed by atoms with Gasteiger partial charge in [0.15, 0.2) is 0 Å². The number of aromatic nitrogens is 1. The molecule has 23 heavy (non-hydrogen) atoms. The van der Waals surface area contributed by atoms with Crippen LogP contribution < -0.4 is 5.32 Å². The molecule has 3 N–H and O–H groups in total. The summed E-state index contributed by atoms with van der Waals surface area (Å²) in [6.07, 6.45) is 5.43. The number of nitrogens with one attached hydrogen (secondary N) is 1. The van der Waals surface area contributed by atoms with Crippen LogP contribution in [0.5, 0.6) is 0 Å². The van der Waals surface area contributed by atoms with E-state index in [1.54, 1.807) is 0 Å². The van der Waals surface area contributed by atoms with Crippen molar-refractivity contribution in [2.24, 2.45) is 11.8 Å². The van der Waals surface area contributed by atoms with E-state index in [9.17, 15) is 0 Å². The molecule has 2 aliphatic rings. The smallest absolute Gasteiger partial charge is 0.0912 e. The highest BCUT2D eigenvalue weighted by molar-refractivity contribution is 5.89. The van der Waals surface area contributed by atoms with E-state index in [1.807, 2.05) is 0 Å². The maximum atomic E-state index is 4.41. The number of fused-ring (bicyclic) bond motifs is 2. The van der Waals surface area contributed by atoms with Gasteiger partial charge in [-0.3, -0.25) is 0 Å². The fourth-order valence-electron chi connectivity index (χ4n) is 5.21. The second-order valence-electron chi connectivity index (χ2n) is 7.74. The normalized spacial score (nSPS) is 31.9. The highest BCUT2D eigenvalue weighted by Crippen LogP contribution is 2.56. The Morgan fingerprint density at radius 1 is 1.39 bits per heavy atom. The summed E-state index contributed by atoms with van der Waals surface area (Å²) in [5.74, 6) is 1.43. The first-order valence-corrected chi connectivity index (χ1v) is 8.55. The van der Waals surface area contributed by atoms with Crippen molar-refractivity contribution in [1.29, 1.82) is 0 Å². The highest BCUT2D eigenvalue weighted by atomic mass is 14.9. The lowest BCUT2D eigenvalue weighted by Gasteiger charge is -2.51. The molecule has 4 unspecified atom stereocenters. The summed E-state index contributed by atoms with van der Waals surface area (Å²) in [7, 11) is 4.14. The molecular formula is C21H26N2. The molecule has 1 aromatic heterocycles. The molecule has 0 aliphatic heterocycles. The third-order valence-corrected chi connectivity index (χ3v) is 6.49. The van der Waals surface area contributed by atoms with Crippen molar-refractivity contribution in [2.75, 3.05) is 0 Å². The van der Waals surface area contributed by atoms with Gasteiger partial charge in [-0.25, -0.2) is 0 Å². The molecule has 0 spiro atoms. The number of H-pyrrole nitrogens is 1. The quantitative estimate of drug-likeness (QED) is 0.627. The van der Waals surface area contributed by atoms with Gasteiger partial charge in [-0.15, -0.1) is 6.58 Å². The Hall–Kier alpha value is -1.80. The van der Waals surface area contributed by atoms with E-state index in [0.29, 0.717) is 23.8 Å². The molecule has 0 bridgehead atoms. The van der Waals surface area contributed by atoms with E-state index in [0.717, 1.165) is 6.42 Å². The van der Waals surface area contributed by atoms with Crippen molar-refractivity contribution in [3.8, 4) is 0 Å². The van der Waals surface area contributed by atoms with Gasteiger partial charge >= 0.3 is 0 Å². The first-order chi connectivity index (χ1) is 11.0. The number of hydrogen-bond acceptors (Lipinski definition) is 0. The van der Waals surface area contributed by atoms with Crippen LogP contribution in [0.4, 0.5) is 0 Å².